The zero-order valence-corrected chi connectivity index (χ0v) is 10.1. The van der Waals surface area contributed by atoms with Crippen LogP contribution >= 0.6 is 11.6 Å². The molecule has 0 bridgehead atoms. The van der Waals surface area contributed by atoms with Gasteiger partial charge in [0.15, 0.2) is 0 Å². The van der Waals surface area contributed by atoms with Gasteiger partial charge in [-0.15, -0.1) is 11.6 Å². The molecule has 3 heteroatoms. The molecular weight excluding hydrogens is 198 g/mol. The topological polar surface area (TPSA) is 12.5 Å². The highest BCUT2D eigenvalue weighted by molar-refractivity contribution is 6.17. The Labute approximate surface area is 92.6 Å². The number of ether oxygens (including phenoxy) is 1. The molecule has 0 radical (unpaired) electrons. The van der Waals surface area contributed by atoms with Crippen LogP contribution in [-0.4, -0.2) is 43.1 Å². The summed E-state index contributed by atoms with van der Waals surface area (Å²) in [6, 6.07) is 0.721. The fourth-order valence-corrected chi connectivity index (χ4v) is 2.24. The largest absolute Gasteiger partial charge is 0.379 e. The number of nitrogens with zero attached hydrogens (tertiary/aromatic N) is 1. The summed E-state index contributed by atoms with van der Waals surface area (Å²) in [6.07, 6.45) is 2.66. The van der Waals surface area contributed by atoms with E-state index in [1.54, 1.807) is 0 Å². The Morgan fingerprint density at radius 2 is 2.14 bits per heavy atom. The Bertz CT molecular complexity index is 154. The lowest BCUT2D eigenvalue weighted by Gasteiger charge is -2.36. The third-order valence-corrected chi connectivity index (χ3v) is 3.17. The predicted octanol–water partition coefficient (Wildman–Crippen LogP) is 2.36. The molecule has 0 aliphatic carbocycles. The average Bonchev–Trinajstić information content (AvgIpc) is 2.15. The van der Waals surface area contributed by atoms with E-state index in [1.165, 1.54) is 19.4 Å². The lowest BCUT2D eigenvalue weighted by molar-refractivity contribution is 0.0715. The second-order valence-corrected chi connectivity index (χ2v) is 4.69. The van der Waals surface area contributed by atoms with Crippen molar-refractivity contribution in [3.63, 3.8) is 0 Å². The van der Waals surface area contributed by atoms with Crippen LogP contribution in [-0.2, 0) is 4.74 Å². The van der Waals surface area contributed by atoms with Crippen LogP contribution in [0.15, 0.2) is 0 Å². The van der Waals surface area contributed by atoms with Gasteiger partial charge in [-0.2, -0.15) is 0 Å². The van der Waals surface area contributed by atoms with E-state index in [0.717, 1.165) is 25.1 Å². The number of hydrogen-bond donors (Lipinski definition) is 0. The van der Waals surface area contributed by atoms with Crippen molar-refractivity contribution in [3.8, 4) is 0 Å². The van der Waals surface area contributed by atoms with Gasteiger partial charge in [-0.3, -0.25) is 4.90 Å². The maximum absolute atomic E-state index is 5.53. The zero-order valence-electron chi connectivity index (χ0n) is 9.34. The molecule has 1 saturated heterocycles. The van der Waals surface area contributed by atoms with Gasteiger partial charge >= 0.3 is 0 Å². The summed E-state index contributed by atoms with van der Waals surface area (Å²) in [5.74, 6) is 1.50. The second-order valence-electron chi connectivity index (χ2n) is 4.32. The van der Waals surface area contributed by atoms with E-state index in [0.29, 0.717) is 12.5 Å². The van der Waals surface area contributed by atoms with E-state index in [2.05, 4.69) is 18.7 Å². The van der Waals surface area contributed by atoms with E-state index >= 15 is 0 Å². The molecule has 2 unspecified atom stereocenters. The number of hydrogen-bond acceptors (Lipinski definition) is 2. The van der Waals surface area contributed by atoms with Gasteiger partial charge in [-0.05, 0) is 32.2 Å². The van der Waals surface area contributed by atoms with Gasteiger partial charge in [-0.1, -0.05) is 6.92 Å². The van der Waals surface area contributed by atoms with Gasteiger partial charge in [0.05, 0.1) is 13.2 Å². The third-order valence-electron chi connectivity index (χ3n) is 3.02. The van der Waals surface area contributed by atoms with Crippen molar-refractivity contribution >= 4 is 11.6 Å². The number of piperidine rings is 1. The van der Waals surface area contributed by atoms with E-state index in [1.807, 2.05) is 0 Å². The Kier molecular flexibility index (Phi) is 5.83. The fourth-order valence-electron chi connectivity index (χ4n) is 2.13. The lowest BCUT2D eigenvalue weighted by atomic mass is 9.93. The molecule has 0 saturated carbocycles. The van der Waals surface area contributed by atoms with E-state index in [4.69, 9.17) is 16.3 Å². The maximum Gasteiger partial charge on any atom is 0.0602 e. The first-order chi connectivity index (χ1) is 6.74. The van der Waals surface area contributed by atoms with Gasteiger partial charge in [0.25, 0.3) is 0 Å². The number of alkyl halides is 1. The summed E-state index contributed by atoms with van der Waals surface area (Å²) < 4.78 is 5.39. The zero-order chi connectivity index (χ0) is 10.4. The molecule has 2 nitrogen and oxygen atoms in total. The SMILES string of the molecule is CC1CCN(CCOCCCl)C(C)C1. The minimum atomic E-state index is 0.604. The molecule has 1 heterocycles. The van der Waals surface area contributed by atoms with E-state index in [9.17, 15) is 0 Å². The normalized spacial score (nSPS) is 29.4. The first-order valence-corrected chi connectivity index (χ1v) is 6.15. The molecule has 0 aromatic rings. The summed E-state index contributed by atoms with van der Waals surface area (Å²) in [7, 11) is 0. The molecule has 14 heavy (non-hydrogen) atoms. The quantitative estimate of drug-likeness (QED) is 0.520. The monoisotopic (exact) mass is 219 g/mol. The molecule has 1 aliphatic rings. The van der Waals surface area contributed by atoms with Gasteiger partial charge in [-0.25, -0.2) is 0 Å². The third kappa shape index (κ3) is 4.16. The molecule has 1 rings (SSSR count). The van der Waals surface area contributed by atoms with Crippen molar-refractivity contribution in [2.24, 2.45) is 5.92 Å². The summed E-state index contributed by atoms with van der Waals surface area (Å²) in [5, 5.41) is 0. The van der Waals surface area contributed by atoms with Crippen LogP contribution < -0.4 is 0 Å². The summed E-state index contributed by atoms with van der Waals surface area (Å²) in [6.45, 7) is 8.46. The Morgan fingerprint density at radius 3 is 2.79 bits per heavy atom. The van der Waals surface area contributed by atoms with Crippen LogP contribution in [0.3, 0.4) is 0 Å². The molecule has 1 fully saturated rings. The van der Waals surface area contributed by atoms with Crippen molar-refractivity contribution in [1.29, 1.82) is 0 Å². The highest BCUT2D eigenvalue weighted by atomic mass is 35.5. The maximum atomic E-state index is 5.53. The van der Waals surface area contributed by atoms with Crippen LogP contribution in [0.5, 0.6) is 0 Å². The Hall–Kier alpha value is 0.210. The average molecular weight is 220 g/mol. The van der Waals surface area contributed by atoms with Crippen molar-refractivity contribution in [2.45, 2.75) is 32.7 Å². The molecular formula is C11H22ClNO. The predicted molar refractivity (Wildman–Crippen MR) is 61.0 cm³/mol. The molecule has 0 aromatic heterocycles. The number of rotatable bonds is 5. The smallest absolute Gasteiger partial charge is 0.0602 e. The van der Waals surface area contributed by atoms with Crippen molar-refractivity contribution in [1.82, 2.24) is 4.90 Å². The summed E-state index contributed by atoms with van der Waals surface area (Å²) >= 11 is 5.53. The molecule has 1 aliphatic heterocycles. The molecule has 0 N–H and O–H groups in total. The summed E-state index contributed by atoms with van der Waals surface area (Å²) in [4.78, 5) is 2.52. The Balaban J connectivity index is 2.11. The van der Waals surface area contributed by atoms with Crippen LogP contribution in [0.2, 0.25) is 0 Å². The highest BCUT2D eigenvalue weighted by Crippen LogP contribution is 2.21. The van der Waals surface area contributed by atoms with E-state index in [-0.39, 0.29) is 0 Å². The summed E-state index contributed by atoms with van der Waals surface area (Å²) in [5.41, 5.74) is 0. The fraction of sp³-hybridized carbons (Fsp3) is 1.00. The lowest BCUT2D eigenvalue weighted by Crippen LogP contribution is -2.41. The Morgan fingerprint density at radius 1 is 1.36 bits per heavy atom. The molecule has 0 spiro atoms. The number of halogens is 1. The van der Waals surface area contributed by atoms with Crippen molar-refractivity contribution < 1.29 is 4.74 Å². The van der Waals surface area contributed by atoms with Crippen LogP contribution in [0.4, 0.5) is 0 Å². The van der Waals surface area contributed by atoms with Gasteiger partial charge < -0.3 is 4.74 Å². The first kappa shape index (κ1) is 12.3. The standard InChI is InChI=1S/C11H22ClNO/c1-10-3-5-13(11(2)9-10)6-8-14-7-4-12/h10-11H,3-9H2,1-2H3. The highest BCUT2D eigenvalue weighted by Gasteiger charge is 2.21. The molecule has 84 valence electrons. The molecule has 2 atom stereocenters. The second kappa shape index (κ2) is 6.65. The van der Waals surface area contributed by atoms with Crippen LogP contribution in [0, 0.1) is 5.92 Å². The minimum Gasteiger partial charge on any atom is -0.379 e. The van der Waals surface area contributed by atoms with Crippen LogP contribution in [0.25, 0.3) is 0 Å². The first-order valence-electron chi connectivity index (χ1n) is 5.61. The van der Waals surface area contributed by atoms with E-state index < -0.39 is 0 Å². The van der Waals surface area contributed by atoms with Crippen molar-refractivity contribution in [2.75, 3.05) is 32.2 Å². The van der Waals surface area contributed by atoms with Gasteiger partial charge in [0, 0.05) is 18.5 Å². The van der Waals surface area contributed by atoms with Crippen LogP contribution in [0.1, 0.15) is 26.7 Å². The van der Waals surface area contributed by atoms with Gasteiger partial charge in [0.1, 0.15) is 0 Å². The van der Waals surface area contributed by atoms with Crippen molar-refractivity contribution in [3.05, 3.63) is 0 Å². The molecule has 0 aromatic carbocycles. The molecule has 0 amide bonds. The number of likely N-dealkylation sites (tertiary alicyclic amines) is 1. The van der Waals surface area contributed by atoms with Gasteiger partial charge in [0.2, 0.25) is 0 Å². The minimum absolute atomic E-state index is 0.604.